The number of carbonyl (C=O) groups is 1. The van der Waals surface area contributed by atoms with Crippen molar-refractivity contribution >= 4 is 39.9 Å². The van der Waals surface area contributed by atoms with E-state index in [2.05, 4.69) is 19.9 Å². The minimum absolute atomic E-state index is 0.188. The van der Waals surface area contributed by atoms with Gasteiger partial charge in [0.1, 0.15) is 0 Å². The molecule has 2 fully saturated rings. The highest BCUT2D eigenvalue weighted by Crippen LogP contribution is 2.44. The Kier molecular flexibility index (Phi) is 4.16. The first kappa shape index (κ1) is 17.4. The van der Waals surface area contributed by atoms with Crippen molar-refractivity contribution in [2.75, 3.05) is 29.4 Å². The Hall–Kier alpha value is -2.73. The summed E-state index contributed by atoms with van der Waals surface area (Å²) in [5, 5.41) is 1.40. The lowest BCUT2D eigenvalue weighted by molar-refractivity contribution is -0.126. The second kappa shape index (κ2) is 6.71. The first-order chi connectivity index (χ1) is 13.7. The normalized spacial score (nSPS) is 22.4. The van der Waals surface area contributed by atoms with Crippen LogP contribution in [0.1, 0.15) is 19.3 Å². The average Bonchev–Trinajstić information content (AvgIpc) is 3.03. The number of benzene rings is 1. The molecule has 6 nitrogen and oxygen atoms in total. The number of carbonyl (C=O) groups excluding carboxylic acids is 1. The van der Waals surface area contributed by atoms with Crippen molar-refractivity contribution < 1.29 is 4.79 Å². The molecule has 2 aromatic heterocycles. The third-order valence-electron chi connectivity index (χ3n) is 5.94. The van der Waals surface area contributed by atoms with Crippen molar-refractivity contribution in [3.8, 4) is 0 Å². The van der Waals surface area contributed by atoms with Gasteiger partial charge in [-0.25, -0.2) is 9.97 Å². The summed E-state index contributed by atoms with van der Waals surface area (Å²) in [6.07, 6.45) is 7.67. The molecule has 4 heterocycles. The van der Waals surface area contributed by atoms with E-state index in [0.717, 1.165) is 48.9 Å². The third kappa shape index (κ3) is 2.71. The van der Waals surface area contributed by atoms with Gasteiger partial charge in [0.2, 0.25) is 5.91 Å². The molecule has 0 bridgehead atoms. The van der Waals surface area contributed by atoms with Gasteiger partial charge in [0, 0.05) is 43.6 Å². The molecule has 7 heteroatoms. The summed E-state index contributed by atoms with van der Waals surface area (Å²) in [6.45, 7) is 2.18. The average molecular weight is 394 g/mol. The van der Waals surface area contributed by atoms with Crippen molar-refractivity contribution in [3.63, 3.8) is 0 Å². The maximum absolute atomic E-state index is 13.6. The summed E-state index contributed by atoms with van der Waals surface area (Å²) >= 11 is 6.26. The predicted octanol–water partition coefficient (Wildman–Crippen LogP) is 3.70. The number of halogens is 1. The standard InChI is InChI=1S/C21H20ClN5O/c22-18-19(25-11-10-24-18)26-12-3-7-21(14-26)8-13-27(20(21)28)17-6-1-5-16-15(17)4-2-9-23-16/h1-2,4-6,9-11H,3,7-8,12-14H2/t21-/m1/s1. The zero-order valence-corrected chi connectivity index (χ0v) is 16.1. The summed E-state index contributed by atoms with van der Waals surface area (Å²) < 4.78 is 0. The number of anilines is 2. The topological polar surface area (TPSA) is 62.2 Å². The molecular weight excluding hydrogens is 374 g/mol. The summed E-state index contributed by atoms with van der Waals surface area (Å²) in [6, 6.07) is 9.91. The van der Waals surface area contributed by atoms with Gasteiger partial charge in [-0.3, -0.25) is 9.78 Å². The Bertz CT molecular complexity index is 1050. The van der Waals surface area contributed by atoms with E-state index >= 15 is 0 Å². The van der Waals surface area contributed by atoms with E-state index in [1.807, 2.05) is 35.2 Å². The number of hydrogen-bond acceptors (Lipinski definition) is 5. The van der Waals surface area contributed by atoms with Crippen LogP contribution < -0.4 is 9.80 Å². The van der Waals surface area contributed by atoms with E-state index in [1.165, 1.54) is 0 Å². The lowest BCUT2D eigenvalue weighted by Gasteiger charge is -2.39. The number of fused-ring (bicyclic) bond motifs is 1. The van der Waals surface area contributed by atoms with Crippen LogP contribution >= 0.6 is 11.6 Å². The molecule has 1 amide bonds. The number of nitrogens with zero attached hydrogens (tertiary/aromatic N) is 5. The largest absolute Gasteiger partial charge is 0.353 e. The van der Waals surface area contributed by atoms with E-state index in [-0.39, 0.29) is 5.91 Å². The SMILES string of the molecule is O=C1N(c2cccc3ncccc23)CC[C@@]12CCCN(c1nccnc1Cl)C2. The fraction of sp³-hybridized carbons (Fsp3) is 0.333. The molecule has 28 heavy (non-hydrogen) atoms. The van der Waals surface area contributed by atoms with Crippen molar-refractivity contribution in [1.82, 2.24) is 15.0 Å². The molecular formula is C21H20ClN5O. The monoisotopic (exact) mass is 393 g/mol. The molecule has 1 aromatic carbocycles. The van der Waals surface area contributed by atoms with Crippen LogP contribution in [0.15, 0.2) is 48.9 Å². The Morgan fingerprint density at radius 3 is 2.75 bits per heavy atom. The van der Waals surface area contributed by atoms with E-state index in [0.29, 0.717) is 17.5 Å². The van der Waals surface area contributed by atoms with Gasteiger partial charge < -0.3 is 9.80 Å². The zero-order valence-electron chi connectivity index (χ0n) is 15.4. The van der Waals surface area contributed by atoms with Crippen LogP contribution in [0.5, 0.6) is 0 Å². The molecule has 5 rings (SSSR count). The second-order valence-corrected chi connectivity index (χ2v) is 7.89. The highest BCUT2D eigenvalue weighted by molar-refractivity contribution is 6.31. The Morgan fingerprint density at radius 1 is 0.964 bits per heavy atom. The van der Waals surface area contributed by atoms with Crippen LogP contribution in [0, 0.1) is 5.41 Å². The number of piperidine rings is 1. The van der Waals surface area contributed by atoms with E-state index < -0.39 is 5.41 Å². The van der Waals surface area contributed by atoms with Crippen molar-refractivity contribution in [1.29, 1.82) is 0 Å². The van der Waals surface area contributed by atoms with Gasteiger partial charge in [-0.15, -0.1) is 0 Å². The van der Waals surface area contributed by atoms with Gasteiger partial charge in [0.15, 0.2) is 11.0 Å². The summed E-state index contributed by atoms with van der Waals surface area (Å²) in [7, 11) is 0. The highest BCUT2D eigenvalue weighted by atomic mass is 35.5. The van der Waals surface area contributed by atoms with Crippen molar-refractivity contribution in [3.05, 3.63) is 54.1 Å². The lowest BCUT2D eigenvalue weighted by atomic mass is 9.78. The predicted molar refractivity (Wildman–Crippen MR) is 110 cm³/mol. The van der Waals surface area contributed by atoms with E-state index in [1.54, 1.807) is 18.6 Å². The minimum Gasteiger partial charge on any atom is -0.353 e. The fourth-order valence-corrected chi connectivity index (χ4v) is 4.81. The smallest absolute Gasteiger partial charge is 0.235 e. The van der Waals surface area contributed by atoms with Gasteiger partial charge in [0.25, 0.3) is 0 Å². The Labute approximate surface area is 168 Å². The first-order valence-electron chi connectivity index (χ1n) is 9.55. The molecule has 0 aliphatic carbocycles. The molecule has 0 unspecified atom stereocenters. The maximum Gasteiger partial charge on any atom is 0.235 e. The van der Waals surface area contributed by atoms with Crippen LogP contribution in [0.2, 0.25) is 5.15 Å². The third-order valence-corrected chi connectivity index (χ3v) is 6.21. The molecule has 2 aliphatic heterocycles. The van der Waals surface area contributed by atoms with Crippen LogP contribution in [-0.4, -0.2) is 40.5 Å². The van der Waals surface area contributed by atoms with Gasteiger partial charge in [-0.1, -0.05) is 17.7 Å². The van der Waals surface area contributed by atoms with Crippen LogP contribution in [0.4, 0.5) is 11.5 Å². The van der Waals surface area contributed by atoms with E-state index in [4.69, 9.17) is 11.6 Å². The van der Waals surface area contributed by atoms with Gasteiger partial charge in [0.05, 0.1) is 16.6 Å². The van der Waals surface area contributed by atoms with Gasteiger partial charge >= 0.3 is 0 Å². The zero-order chi connectivity index (χ0) is 19.1. The quantitative estimate of drug-likeness (QED) is 0.664. The molecule has 0 saturated carbocycles. The Balaban J connectivity index is 1.47. The highest BCUT2D eigenvalue weighted by Gasteiger charge is 2.50. The summed E-state index contributed by atoms with van der Waals surface area (Å²) in [5.74, 6) is 0.859. The van der Waals surface area contributed by atoms with E-state index in [9.17, 15) is 4.79 Å². The molecule has 0 N–H and O–H groups in total. The molecule has 2 aliphatic rings. The fourth-order valence-electron chi connectivity index (χ4n) is 4.59. The first-order valence-corrected chi connectivity index (χ1v) is 9.93. The van der Waals surface area contributed by atoms with Gasteiger partial charge in [-0.05, 0) is 43.5 Å². The van der Waals surface area contributed by atoms with Gasteiger partial charge in [-0.2, -0.15) is 0 Å². The number of rotatable bonds is 2. The van der Waals surface area contributed by atoms with Crippen LogP contribution in [-0.2, 0) is 4.79 Å². The summed E-state index contributed by atoms with van der Waals surface area (Å²) in [5.41, 5.74) is 1.45. The number of pyridine rings is 1. The Morgan fingerprint density at radius 2 is 1.86 bits per heavy atom. The lowest BCUT2D eigenvalue weighted by Crippen LogP contribution is -2.48. The molecule has 3 aromatic rings. The minimum atomic E-state index is -0.399. The molecule has 142 valence electrons. The number of aromatic nitrogens is 3. The van der Waals surface area contributed by atoms with Crippen LogP contribution in [0.25, 0.3) is 10.9 Å². The number of hydrogen-bond donors (Lipinski definition) is 0. The summed E-state index contributed by atoms with van der Waals surface area (Å²) in [4.78, 5) is 30.6. The molecule has 1 spiro atoms. The molecule has 1 atom stereocenters. The molecule has 2 saturated heterocycles. The second-order valence-electron chi connectivity index (χ2n) is 7.53. The van der Waals surface area contributed by atoms with Crippen LogP contribution in [0.3, 0.4) is 0 Å². The maximum atomic E-state index is 13.6. The number of amides is 1. The van der Waals surface area contributed by atoms with Crippen molar-refractivity contribution in [2.24, 2.45) is 5.41 Å². The molecule has 0 radical (unpaired) electrons. The van der Waals surface area contributed by atoms with Crippen molar-refractivity contribution in [2.45, 2.75) is 19.3 Å².